The highest BCUT2D eigenvalue weighted by atomic mass is 16.3. The van der Waals surface area contributed by atoms with Crippen LogP contribution in [0.4, 0.5) is 10.5 Å². The highest BCUT2D eigenvalue weighted by molar-refractivity contribution is 5.89. The predicted molar refractivity (Wildman–Crippen MR) is 114 cm³/mol. The lowest BCUT2D eigenvalue weighted by Crippen LogP contribution is -2.31. The number of benzene rings is 2. The van der Waals surface area contributed by atoms with Gasteiger partial charge in [0, 0.05) is 16.8 Å². The van der Waals surface area contributed by atoms with Crippen LogP contribution in [0.25, 0.3) is 11.0 Å². The molecule has 6 nitrogen and oxygen atoms in total. The molecule has 2 N–H and O–H groups in total. The molecule has 0 aliphatic carbocycles. The molecule has 0 fully saturated rings. The van der Waals surface area contributed by atoms with Crippen molar-refractivity contribution >= 4 is 22.7 Å². The van der Waals surface area contributed by atoms with Crippen LogP contribution in [0.3, 0.4) is 0 Å². The smallest absolute Gasteiger partial charge is 0.319 e. The van der Waals surface area contributed by atoms with Gasteiger partial charge in [-0.3, -0.25) is 4.68 Å². The Morgan fingerprint density at radius 2 is 1.93 bits per heavy atom. The first-order valence-electron chi connectivity index (χ1n) is 9.64. The Kier molecular flexibility index (Phi) is 5.08. The Morgan fingerprint density at radius 1 is 1.10 bits per heavy atom. The van der Waals surface area contributed by atoms with Crippen LogP contribution < -0.4 is 10.6 Å². The zero-order valence-corrected chi connectivity index (χ0v) is 16.8. The number of para-hydroxylation sites is 1. The zero-order valence-electron chi connectivity index (χ0n) is 16.8. The quantitative estimate of drug-likeness (QED) is 0.495. The third-order valence-electron chi connectivity index (χ3n) is 4.84. The number of aryl methyl sites for hydroxylation is 2. The normalized spacial score (nSPS) is 12.1. The van der Waals surface area contributed by atoms with Crippen LogP contribution in [-0.4, -0.2) is 15.8 Å². The summed E-state index contributed by atoms with van der Waals surface area (Å²) in [7, 11) is 0. The van der Waals surface area contributed by atoms with Crippen molar-refractivity contribution in [1.29, 1.82) is 0 Å². The van der Waals surface area contributed by atoms with Gasteiger partial charge in [-0.15, -0.1) is 0 Å². The average Bonchev–Trinajstić information content (AvgIpc) is 3.24. The van der Waals surface area contributed by atoms with Crippen LogP contribution >= 0.6 is 0 Å². The minimum absolute atomic E-state index is 0.250. The molecule has 2 heterocycles. The molecule has 0 aliphatic rings. The monoisotopic (exact) mass is 388 g/mol. The third-order valence-corrected chi connectivity index (χ3v) is 4.84. The van der Waals surface area contributed by atoms with Gasteiger partial charge in [0.25, 0.3) is 0 Å². The summed E-state index contributed by atoms with van der Waals surface area (Å²) in [5.74, 6) is 0.722. The van der Waals surface area contributed by atoms with Crippen molar-refractivity contribution in [3.05, 3.63) is 83.4 Å². The number of anilines is 1. The molecule has 1 atom stereocenters. The third kappa shape index (κ3) is 4.32. The molecule has 0 radical (unpaired) electrons. The van der Waals surface area contributed by atoms with Crippen molar-refractivity contribution in [2.75, 3.05) is 5.32 Å². The van der Waals surface area contributed by atoms with Gasteiger partial charge in [0.05, 0.1) is 18.3 Å². The molecule has 6 heteroatoms. The Balaban J connectivity index is 1.40. The second-order valence-electron chi connectivity index (χ2n) is 7.29. The van der Waals surface area contributed by atoms with Gasteiger partial charge in [-0.05, 0) is 56.7 Å². The first-order chi connectivity index (χ1) is 14.0. The van der Waals surface area contributed by atoms with Gasteiger partial charge < -0.3 is 15.1 Å². The first-order valence-corrected chi connectivity index (χ1v) is 9.64. The molecule has 4 aromatic rings. The fourth-order valence-electron chi connectivity index (χ4n) is 3.41. The molecule has 0 aliphatic heterocycles. The Morgan fingerprint density at radius 3 is 2.69 bits per heavy atom. The number of hydrogen-bond donors (Lipinski definition) is 2. The minimum Gasteiger partial charge on any atom is -0.459 e. The van der Waals surface area contributed by atoms with E-state index >= 15 is 0 Å². The number of carbonyl (C=O) groups excluding carboxylic acids is 1. The van der Waals surface area contributed by atoms with Crippen LogP contribution in [0.1, 0.15) is 35.7 Å². The SMILES string of the molecule is Cc1cc(C)n(Cc2cccc(NC(=O)NC(C)c3cc4ccccc4o3)c2)n1. The highest BCUT2D eigenvalue weighted by Gasteiger charge is 2.14. The number of aromatic nitrogens is 2. The number of nitrogens with one attached hydrogen (secondary N) is 2. The summed E-state index contributed by atoms with van der Waals surface area (Å²) in [6, 6.07) is 19.1. The molecular formula is C23H24N4O2. The van der Waals surface area contributed by atoms with Gasteiger partial charge in [-0.1, -0.05) is 30.3 Å². The van der Waals surface area contributed by atoms with Gasteiger partial charge >= 0.3 is 6.03 Å². The molecule has 2 aromatic heterocycles. The van der Waals surface area contributed by atoms with Gasteiger partial charge in [0.15, 0.2) is 0 Å². The number of urea groups is 1. The average molecular weight is 388 g/mol. The van der Waals surface area contributed by atoms with E-state index in [-0.39, 0.29) is 12.1 Å². The summed E-state index contributed by atoms with van der Waals surface area (Å²) in [6.07, 6.45) is 0. The number of fused-ring (bicyclic) bond motifs is 1. The summed E-state index contributed by atoms with van der Waals surface area (Å²) in [6.45, 7) is 6.58. The number of hydrogen-bond acceptors (Lipinski definition) is 3. The molecule has 0 saturated heterocycles. The topological polar surface area (TPSA) is 72.1 Å². The maximum atomic E-state index is 12.5. The number of rotatable bonds is 5. The van der Waals surface area contributed by atoms with Crippen molar-refractivity contribution in [1.82, 2.24) is 15.1 Å². The summed E-state index contributed by atoms with van der Waals surface area (Å²) in [4.78, 5) is 12.5. The largest absolute Gasteiger partial charge is 0.459 e. The van der Waals surface area contributed by atoms with Crippen LogP contribution in [0.2, 0.25) is 0 Å². The molecule has 29 heavy (non-hydrogen) atoms. The van der Waals surface area contributed by atoms with E-state index < -0.39 is 0 Å². The lowest BCUT2D eigenvalue weighted by molar-refractivity contribution is 0.248. The van der Waals surface area contributed by atoms with Crippen molar-refractivity contribution in [3.63, 3.8) is 0 Å². The van der Waals surface area contributed by atoms with Crippen molar-refractivity contribution in [3.8, 4) is 0 Å². The van der Waals surface area contributed by atoms with Crippen molar-refractivity contribution < 1.29 is 9.21 Å². The second-order valence-corrected chi connectivity index (χ2v) is 7.29. The number of amides is 2. The predicted octanol–water partition coefficient (Wildman–Crippen LogP) is 5.18. The van der Waals surface area contributed by atoms with E-state index in [0.29, 0.717) is 6.54 Å². The molecule has 4 rings (SSSR count). The molecular weight excluding hydrogens is 364 g/mol. The molecule has 2 amide bonds. The van der Waals surface area contributed by atoms with Crippen LogP contribution in [0, 0.1) is 13.8 Å². The number of carbonyl (C=O) groups is 1. The Bertz CT molecular complexity index is 1130. The lowest BCUT2D eigenvalue weighted by atomic mass is 10.2. The Hall–Kier alpha value is -3.54. The van der Waals surface area contributed by atoms with Crippen LogP contribution in [0.15, 0.2) is 65.1 Å². The van der Waals surface area contributed by atoms with Gasteiger partial charge in [0.2, 0.25) is 0 Å². The number of furan rings is 1. The molecule has 0 bridgehead atoms. The fourth-order valence-corrected chi connectivity index (χ4v) is 3.41. The molecule has 1 unspecified atom stereocenters. The molecule has 148 valence electrons. The van der Waals surface area contributed by atoms with Gasteiger partial charge in [-0.2, -0.15) is 5.10 Å². The molecule has 2 aromatic carbocycles. The van der Waals surface area contributed by atoms with E-state index in [9.17, 15) is 4.79 Å². The molecule has 0 spiro atoms. The maximum absolute atomic E-state index is 12.5. The first kappa shape index (κ1) is 18.8. The summed E-state index contributed by atoms with van der Waals surface area (Å²) in [5, 5.41) is 11.3. The van der Waals surface area contributed by atoms with E-state index in [0.717, 1.165) is 39.4 Å². The van der Waals surface area contributed by atoms with Gasteiger partial charge in [-0.25, -0.2) is 4.79 Å². The summed E-state index contributed by atoms with van der Waals surface area (Å²) < 4.78 is 7.78. The zero-order chi connectivity index (χ0) is 20.4. The minimum atomic E-state index is -0.277. The van der Waals surface area contributed by atoms with Crippen LogP contribution in [0.5, 0.6) is 0 Å². The van der Waals surface area contributed by atoms with Crippen LogP contribution in [-0.2, 0) is 6.54 Å². The maximum Gasteiger partial charge on any atom is 0.319 e. The van der Waals surface area contributed by atoms with E-state index in [1.807, 2.05) is 80.1 Å². The molecule has 0 saturated carbocycles. The van der Waals surface area contributed by atoms with E-state index in [1.54, 1.807) is 0 Å². The van der Waals surface area contributed by atoms with E-state index in [1.165, 1.54) is 0 Å². The lowest BCUT2D eigenvalue weighted by Gasteiger charge is -2.13. The van der Waals surface area contributed by atoms with E-state index in [2.05, 4.69) is 21.8 Å². The van der Waals surface area contributed by atoms with Crippen molar-refractivity contribution in [2.45, 2.75) is 33.4 Å². The standard InChI is InChI=1S/C23H24N4O2/c1-15-11-16(2)27(26-15)14-18-7-6-9-20(12-18)25-23(28)24-17(3)22-13-19-8-4-5-10-21(19)29-22/h4-13,17H,14H2,1-3H3,(H2,24,25,28). The number of nitrogens with zero attached hydrogens (tertiary/aromatic N) is 2. The Labute approximate surface area is 169 Å². The van der Waals surface area contributed by atoms with E-state index in [4.69, 9.17) is 4.42 Å². The summed E-state index contributed by atoms with van der Waals surface area (Å²) >= 11 is 0. The van der Waals surface area contributed by atoms with Crippen molar-refractivity contribution in [2.24, 2.45) is 0 Å². The highest BCUT2D eigenvalue weighted by Crippen LogP contribution is 2.23. The second kappa shape index (κ2) is 7.83. The van der Waals surface area contributed by atoms with Gasteiger partial charge in [0.1, 0.15) is 11.3 Å². The fraction of sp³-hybridized carbons (Fsp3) is 0.217. The summed E-state index contributed by atoms with van der Waals surface area (Å²) in [5.41, 5.74) is 4.72.